The molecule has 0 aromatic carbocycles. The predicted molar refractivity (Wildman–Crippen MR) is 415 cm³/mol. The molecule has 660 valence electrons. The molecule has 0 radical (unpaired) electrons. The summed E-state index contributed by atoms with van der Waals surface area (Å²) >= 11 is 0. The molecule has 7 heterocycles. The summed E-state index contributed by atoms with van der Waals surface area (Å²) in [5.74, 6) is -0.841. The van der Waals surface area contributed by atoms with Gasteiger partial charge in [0, 0.05) is 53.2 Å². The van der Waals surface area contributed by atoms with Gasteiger partial charge in [0.05, 0.1) is 95.4 Å². The molecule has 4 saturated heterocycles. The Bertz CT molecular complexity index is 4380. The van der Waals surface area contributed by atoms with Crippen LogP contribution in [0.4, 0.5) is 0 Å². The van der Waals surface area contributed by atoms with Gasteiger partial charge in [0.1, 0.15) is 79.0 Å². The Morgan fingerprint density at radius 3 is 1.51 bits per heavy atom. The lowest BCUT2D eigenvalue weighted by Gasteiger charge is -2.65. The third-order valence-corrected chi connectivity index (χ3v) is 35.4. The number of allylic oxidation sites excluding steroid dienone is 1. The SMILES string of the molecule is CC12CCC3C(CCC4(OC5OC(CO)C(O)C(O)C5O)C5OC5CCC34O)C1(O)CC(O)C2c1ccc(=O)oc1.C[C@@H]1O[C@@H](OC2CCC3(C=O)C4CCC5(C)C(c6ccc(=O)oc6)CCC5(O)C4CCC3(O)C2)[C@H](O)[C@H](O)[C@H]1O.C[C@@H]1O[C@@H](O[C@@H]2C=C3CCC4C(CC[C@]5(C)[C@@H](c6ccc(=O)oc6)CC[C@]45O)[C@@]3(C)CC2)[C@H](O)[C@H](O)[C@H]1O. The van der Waals surface area contributed by atoms with Crippen molar-refractivity contribution < 1.29 is 133 Å². The molecule has 30 nitrogen and oxygen atoms in total. The van der Waals surface area contributed by atoms with E-state index in [2.05, 4.69) is 26.8 Å². The van der Waals surface area contributed by atoms with E-state index in [4.69, 9.17) is 46.4 Å². The molecule has 40 atom stereocenters. The Kier molecular flexibility index (Phi) is 22.4. The van der Waals surface area contributed by atoms with Crippen molar-refractivity contribution in [3.05, 3.63) is 115 Å². The first-order valence-electron chi connectivity index (χ1n) is 43.8. The fraction of sp³-hybridized carbons (Fsp3) is 0.798. The molecule has 12 aliphatic carbocycles. The first-order chi connectivity index (χ1) is 56.3. The minimum atomic E-state index is -1.63. The van der Waals surface area contributed by atoms with E-state index in [1.54, 1.807) is 32.2 Å². The van der Waals surface area contributed by atoms with Crippen molar-refractivity contribution in [2.45, 2.75) is 370 Å². The number of carbonyl (C=O) groups excluding carboxylic acids is 1. The molecule has 19 rings (SSSR count). The lowest BCUT2D eigenvalue weighted by atomic mass is 9.41. The van der Waals surface area contributed by atoms with E-state index in [9.17, 15) is 101 Å². The molecule has 16 aliphatic rings. The maximum atomic E-state index is 13.0. The zero-order valence-corrected chi connectivity index (χ0v) is 68.6. The van der Waals surface area contributed by atoms with Gasteiger partial charge in [-0.15, -0.1) is 0 Å². The van der Waals surface area contributed by atoms with E-state index in [0.29, 0.717) is 88.5 Å². The van der Waals surface area contributed by atoms with Crippen LogP contribution in [0, 0.1) is 62.6 Å². The van der Waals surface area contributed by atoms with E-state index in [-0.39, 0.29) is 83.4 Å². The Morgan fingerprint density at radius 2 is 0.941 bits per heavy atom. The van der Waals surface area contributed by atoms with Crippen LogP contribution in [0.15, 0.2) is 94.5 Å². The molecular weight excluding hydrogens is 1550 g/mol. The number of fused-ring (bicyclic) bond motifs is 17. The number of carbonyl (C=O) groups is 1. The third-order valence-electron chi connectivity index (χ3n) is 35.4. The van der Waals surface area contributed by atoms with Crippen molar-refractivity contribution in [1.29, 1.82) is 0 Å². The smallest absolute Gasteiger partial charge is 0.335 e. The number of aliphatic hydroxyl groups excluding tert-OH is 11. The topological polar surface area (TPSA) is 499 Å². The first-order valence-corrected chi connectivity index (χ1v) is 43.8. The number of epoxide rings is 1. The standard InChI is InChI=1S/C30H42O10.C30H42O8.C29H40O12/c1-16-23(33)24(34)25(35)26(39-16)40-18-5-10-28(15-31)20-6-9-27(2)19(17-3-4-22(32)38-14-17)8-12-30(27,37)21(20)7-11-29(28,36)13-18;1-16-24(32)25(33)26(34)27(37-16)38-19-8-11-28(2)18(14-19)5-6-22-21(28)9-12-29(3)20(10-13-30(22,29)35)17-4-7-23(31)36-15-17;1-26-7-4-14-15(28(26,37)10-16(31)20(26)13-2-3-19(32)38-12-13)5-9-29(24-17(39-24)6-8-27(14,29)36)41-25-23(35)22(34)21(33)18(11-30)40-25/h3-4,14-16,18-21,23-26,33-37H,5-13H2,1-2H3;4,7,14-16,19-22,24-27,32-35H,5-6,8-13H2,1-3H3;2-3,12,14-18,20-25,30-31,33-37H,4-11H2,1H3/t16-,18?,19?,20?,21?,23-,24+,25+,26-,27?,28?,29?,30?;16-,19-,20+,21?,22?,24-,25+,26+,27-,28-,29+,30-;/m00./s1. The highest BCUT2D eigenvalue weighted by atomic mass is 16.7. The van der Waals surface area contributed by atoms with Crippen LogP contribution in [-0.2, 0) is 38.0 Å². The van der Waals surface area contributed by atoms with Gasteiger partial charge >= 0.3 is 16.9 Å². The van der Waals surface area contributed by atoms with E-state index in [0.717, 1.165) is 75.2 Å². The average molecular weight is 1670 g/mol. The maximum Gasteiger partial charge on any atom is 0.335 e. The molecule has 0 spiro atoms. The molecule has 30 heteroatoms. The fourth-order valence-electron chi connectivity index (χ4n) is 28.7. The molecule has 16 N–H and O–H groups in total. The van der Waals surface area contributed by atoms with E-state index in [1.807, 2.05) is 13.0 Å². The number of hydrogen-bond donors (Lipinski definition) is 16. The molecule has 25 unspecified atom stereocenters. The van der Waals surface area contributed by atoms with Crippen LogP contribution in [0.2, 0.25) is 0 Å². The van der Waals surface area contributed by atoms with Crippen molar-refractivity contribution in [3.8, 4) is 0 Å². The van der Waals surface area contributed by atoms with E-state index in [1.165, 1.54) is 36.3 Å². The van der Waals surface area contributed by atoms with Crippen LogP contribution in [0.5, 0.6) is 0 Å². The second-order valence-electron chi connectivity index (χ2n) is 40.1. The number of ether oxygens (including phenoxy) is 7. The molecule has 119 heavy (non-hydrogen) atoms. The Balaban J connectivity index is 0.000000128. The van der Waals surface area contributed by atoms with Gasteiger partial charge in [0.15, 0.2) is 18.9 Å². The molecule has 0 amide bonds. The number of aldehydes is 1. The normalized spacial score (nSPS) is 53.0. The highest BCUT2D eigenvalue weighted by Gasteiger charge is 2.79. The lowest BCUT2D eigenvalue weighted by Crippen LogP contribution is -2.75. The van der Waals surface area contributed by atoms with Crippen LogP contribution >= 0.6 is 0 Å². The van der Waals surface area contributed by atoms with Crippen molar-refractivity contribution in [3.63, 3.8) is 0 Å². The van der Waals surface area contributed by atoms with E-state index < -0.39 is 190 Å². The molecule has 15 fully saturated rings. The second kappa shape index (κ2) is 30.8. The van der Waals surface area contributed by atoms with Crippen LogP contribution in [0.25, 0.3) is 0 Å². The Hall–Kier alpha value is -4.66. The van der Waals surface area contributed by atoms with Gasteiger partial charge in [-0.05, 0) is 243 Å². The molecule has 0 bridgehead atoms. The summed E-state index contributed by atoms with van der Waals surface area (Å²) in [5, 5.41) is 176. The lowest BCUT2D eigenvalue weighted by molar-refractivity contribution is -0.372. The summed E-state index contributed by atoms with van der Waals surface area (Å²) in [6.07, 6.45) is 1.09. The zero-order valence-electron chi connectivity index (χ0n) is 68.6. The van der Waals surface area contributed by atoms with Crippen molar-refractivity contribution in [1.82, 2.24) is 0 Å². The largest absolute Gasteiger partial charge is 0.431 e. The van der Waals surface area contributed by atoms with E-state index >= 15 is 0 Å². The first kappa shape index (κ1) is 86.5. The van der Waals surface area contributed by atoms with Gasteiger partial charge in [-0.2, -0.15) is 0 Å². The summed E-state index contributed by atoms with van der Waals surface area (Å²) in [6, 6.07) is 9.53. The summed E-state index contributed by atoms with van der Waals surface area (Å²) in [6.45, 7) is 11.3. The van der Waals surface area contributed by atoms with Crippen molar-refractivity contribution >= 4 is 6.29 Å². The van der Waals surface area contributed by atoms with Gasteiger partial charge in [-0.3, -0.25) is 0 Å². The number of rotatable bonds is 11. The van der Waals surface area contributed by atoms with Crippen LogP contribution in [0.1, 0.15) is 230 Å². The van der Waals surface area contributed by atoms with Crippen LogP contribution < -0.4 is 16.9 Å². The second-order valence-corrected chi connectivity index (χ2v) is 40.1. The molecular formula is C89H124O30. The van der Waals surface area contributed by atoms with Gasteiger partial charge in [0.25, 0.3) is 0 Å². The quantitative estimate of drug-likeness (QED) is 0.0567. The molecule has 4 aliphatic heterocycles. The van der Waals surface area contributed by atoms with Crippen LogP contribution in [0.3, 0.4) is 0 Å². The summed E-state index contributed by atoms with van der Waals surface area (Å²) in [5.41, 5.74) is -7.07. The van der Waals surface area contributed by atoms with Gasteiger partial charge < -0.3 is 133 Å². The highest BCUT2D eigenvalue weighted by Crippen LogP contribution is 2.75. The van der Waals surface area contributed by atoms with Gasteiger partial charge in [0.2, 0.25) is 0 Å². The number of aliphatic hydroxyl groups is 16. The highest BCUT2D eigenvalue weighted by molar-refractivity contribution is 5.64. The monoisotopic (exact) mass is 1670 g/mol. The maximum absolute atomic E-state index is 13.0. The third kappa shape index (κ3) is 13.1. The Morgan fingerprint density at radius 1 is 0.445 bits per heavy atom. The zero-order chi connectivity index (χ0) is 84.8. The minimum absolute atomic E-state index is 0.0213. The minimum Gasteiger partial charge on any atom is -0.431 e. The Labute approximate surface area is 689 Å². The van der Waals surface area contributed by atoms with Crippen molar-refractivity contribution in [2.75, 3.05) is 6.61 Å². The molecule has 11 saturated carbocycles. The van der Waals surface area contributed by atoms with Crippen LogP contribution in [-0.4, -0.2) is 251 Å². The average Bonchev–Trinajstić information content (AvgIpc) is 1.55. The van der Waals surface area contributed by atoms with Crippen molar-refractivity contribution in [2.24, 2.45) is 62.6 Å². The molecule has 3 aromatic heterocycles. The van der Waals surface area contributed by atoms with Gasteiger partial charge in [-0.25, -0.2) is 14.4 Å². The van der Waals surface area contributed by atoms with Gasteiger partial charge in [-0.1, -0.05) is 39.3 Å². The number of hydrogen-bond acceptors (Lipinski definition) is 30. The summed E-state index contributed by atoms with van der Waals surface area (Å²) in [4.78, 5) is 47.7. The summed E-state index contributed by atoms with van der Waals surface area (Å²) < 4.78 is 57.1. The molecule has 3 aromatic rings. The fourth-order valence-corrected chi connectivity index (χ4v) is 28.7. The summed E-state index contributed by atoms with van der Waals surface area (Å²) in [7, 11) is 0. The predicted octanol–water partition coefficient (Wildman–Crippen LogP) is 3.29.